The van der Waals surface area contributed by atoms with E-state index in [4.69, 9.17) is 9.47 Å². The van der Waals surface area contributed by atoms with E-state index < -0.39 is 17.5 Å². The lowest BCUT2D eigenvalue weighted by Gasteiger charge is -2.30. The number of ether oxygens (including phenoxy) is 2. The maximum atomic E-state index is 13.0. The molecule has 5 rings (SSSR count). The number of nitro groups is 1. The van der Waals surface area contributed by atoms with Crippen molar-refractivity contribution in [2.45, 2.75) is 17.5 Å². The summed E-state index contributed by atoms with van der Waals surface area (Å²) in [6, 6.07) is 11.4. The quantitative estimate of drug-likeness (QED) is 0.644. The van der Waals surface area contributed by atoms with Crippen molar-refractivity contribution in [2.24, 2.45) is 0 Å². The van der Waals surface area contributed by atoms with Crippen LogP contribution in [0.25, 0.3) is 0 Å². The van der Waals surface area contributed by atoms with E-state index in [1.807, 2.05) is 12.1 Å². The summed E-state index contributed by atoms with van der Waals surface area (Å²) in [5, 5.41) is 15.1. The third kappa shape index (κ3) is 1.98. The average molecular weight is 367 g/mol. The number of fused-ring (bicyclic) bond motifs is 3. The van der Waals surface area contributed by atoms with Gasteiger partial charge in [0.1, 0.15) is 0 Å². The summed E-state index contributed by atoms with van der Waals surface area (Å²) in [6.07, 6.45) is 0. The Labute approximate surface area is 154 Å². The number of benzene rings is 2. The molecule has 27 heavy (non-hydrogen) atoms. The van der Waals surface area contributed by atoms with Crippen molar-refractivity contribution < 1.29 is 19.2 Å². The molecule has 138 valence electrons. The number of likely N-dealkylation sites (tertiary alicyclic amines) is 1. The number of nitrogens with one attached hydrogen (secondary N) is 1. The molecule has 0 aromatic heterocycles. The standard InChI is InChI=1S/C19H17N3O5/c1-21-9-12(11-6-7-15-16(8-11)27-10-26-15)17(22(24)25)19(21)13-4-2-3-5-14(13)20-18(19)23/h2-8,12,17H,9-10H2,1H3,(H,20,23)/t12-,17-,19+/m1/s1. The van der Waals surface area contributed by atoms with Gasteiger partial charge < -0.3 is 14.8 Å². The van der Waals surface area contributed by atoms with Gasteiger partial charge in [0.2, 0.25) is 6.79 Å². The third-order valence-electron chi connectivity index (χ3n) is 5.87. The summed E-state index contributed by atoms with van der Waals surface area (Å²) in [5.41, 5.74) is 0.720. The Morgan fingerprint density at radius 3 is 2.81 bits per heavy atom. The summed E-state index contributed by atoms with van der Waals surface area (Å²) >= 11 is 0. The highest BCUT2D eigenvalue weighted by Gasteiger charge is 2.68. The first-order chi connectivity index (χ1) is 13.0. The van der Waals surface area contributed by atoms with Gasteiger partial charge in [-0.1, -0.05) is 24.3 Å². The monoisotopic (exact) mass is 367 g/mol. The van der Waals surface area contributed by atoms with Crippen LogP contribution < -0.4 is 14.8 Å². The molecule has 2 aromatic carbocycles. The lowest BCUT2D eigenvalue weighted by molar-refractivity contribution is -0.534. The van der Waals surface area contributed by atoms with E-state index in [2.05, 4.69) is 5.32 Å². The summed E-state index contributed by atoms with van der Waals surface area (Å²) in [5.74, 6) is 0.392. The van der Waals surface area contributed by atoms with E-state index in [0.29, 0.717) is 29.3 Å². The van der Waals surface area contributed by atoms with Crippen molar-refractivity contribution in [2.75, 3.05) is 25.7 Å². The van der Waals surface area contributed by atoms with Gasteiger partial charge in [0.15, 0.2) is 17.0 Å². The third-order valence-corrected chi connectivity index (χ3v) is 5.87. The highest BCUT2D eigenvalue weighted by molar-refractivity contribution is 6.06. The number of likely N-dealkylation sites (N-methyl/N-ethyl adjacent to an activating group) is 1. The lowest BCUT2D eigenvalue weighted by atomic mass is 9.79. The van der Waals surface area contributed by atoms with E-state index in [9.17, 15) is 14.9 Å². The number of nitrogens with zero attached hydrogens (tertiary/aromatic N) is 2. The van der Waals surface area contributed by atoms with Gasteiger partial charge in [-0.15, -0.1) is 0 Å². The summed E-state index contributed by atoms with van der Waals surface area (Å²) in [6.45, 7) is 0.523. The SMILES string of the molecule is CN1C[C@H](c2ccc3c(c2)OCO3)[C@@H]([N+](=O)[O-])[C@@]12C(=O)Nc1ccccc12. The zero-order chi connectivity index (χ0) is 18.8. The normalized spacial score (nSPS) is 28.4. The van der Waals surface area contributed by atoms with Crippen LogP contribution in [0.4, 0.5) is 5.69 Å². The van der Waals surface area contributed by atoms with Crippen molar-refractivity contribution in [1.29, 1.82) is 0 Å². The maximum Gasteiger partial charge on any atom is 0.256 e. The average Bonchev–Trinajstić information content (AvgIpc) is 3.31. The van der Waals surface area contributed by atoms with Crippen LogP contribution in [0, 0.1) is 10.1 Å². The van der Waals surface area contributed by atoms with Crippen LogP contribution in [0.3, 0.4) is 0 Å². The van der Waals surface area contributed by atoms with Gasteiger partial charge in [-0.3, -0.25) is 19.8 Å². The van der Waals surface area contributed by atoms with Crippen LogP contribution in [-0.2, 0) is 10.3 Å². The van der Waals surface area contributed by atoms with Gasteiger partial charge in [-0.25, -0.2) is 0 Å². The minimum atomic E-state index is -1.33. The number of hydrogen-bond donors (Lipinski definition) is 1. The largest absolute Gasteiger partial charge is 0.454 e. The smallest absolute Gasteiger partial charge is 0.256 e. The maximum absolute atomic E-state index is 13.0. The molecule has 0 aliphatic carbocycles. The molecule has 0 unspecified atom stereocenters. The number of amides is 1. The fourth-order valence-corrected chi connectivity index (χ4v) is 4.72. The number of rotatable bonds is 2. The van der Waals surface area contributed by atoms with Crippen molar-refractivity contribution in [3.05, 3.63) is 63.7 Å². The summed E-state index contributed by atoms with van der Waals surface area (Å²) < 4.78 is 10.8. The van der Waals surface area contributed by atoms with E-state index >= 15 is 0 Å². The molecule has 8 heteroatoms. The van der Waals surface area contributed by atoms with E-state index in [-0.39, 0.29) is 17.6 Å². The Kier molecular flexibility index (Phi) is 3.23. The van der Waals surface area contributed by atoms with Gasteiger partial charge in [0.25, 0.3) is 11.9 Å². The van der Waals surface area contributed by atoms with Crippen LogP contribution in [-0.4, -0.2) is 42.2 Å². The predicted octanol–water partition coefficient (Wildman–Crippen LogP) is 1.94. The minimum Gasteiger partial charge on any atom is -0.454 e. The van der Waals surface area contributed by atoms with Crippen LogP contribution in [0.5, 0.6) is 11.5 Å². The van der Waals surface area contributed by atoms with Gasteiger partial charge in [-0.2, -0.15) is 0 Å². The molecule has 1 saturated heterocycles. The van der Waals surface area contributed by atoms with Gasteiger partial charge >= 0.3 is 0 Å². The second kappa shape index (κ2) is 5.43. The molecule has 3 heterocycles. The molecule has 0 bridgehead atoms. The van der Waals surface area contributed by atoms with Crippen molar-refractivity contribution in [3.63, 3.8) is 0 Å². The Morgan fingerprint density at radius 2 is 2.00 bits per heavy atom. The van der Waals surface area contributed by atoms with Gasteiger partial charge in [-0.05, 0) is 30.8 Å². The van der Waals surface area contributed by atoms with Crippen LogP contribution in [0.1, 0.15) is 17.0 Å². The topological polar surface area (TPSA) is 93.9 Å². The second-order valence-electron chi connectivity index (χ2n) is 7.10. The molecule has 2 aromatic rings. The molecule has 1 N–H and O–H groups in total. The second-order valence-corrected chi connectivity index (χ2v) is 7.10. The first-order valence-electron chi connectivity index (χ1n) is 8.68. The molecule has 3 aliphatic rings. The zero-order valence-electron chi connectivity index (χ0n) is 14.5. The number of anilines is 1. The molecule has 0 saturated carbocycles. The molecule has 3 aliphatic heterocycles. The van der Waals surface area contributed by atoms with Crippen molar-refractivity contribution in [1.82, 2.24) is 4.90 Å². The fraction of sp³-hybridized carbons (Fsp3) is 0.316. The molecule has 1 spiro atoms. The van der Waals surface area contributed by atoms with Crippen molar-refractivity contribution >= 4 is 11.6 Å². The Balaban J connectivity index is 1.67. The minimum absolute atomic E-state index is 0.141. The molecule has 1 amide bonds. The number of para-hydroxylation sites is 1. The molecule has 0 radical (unpaired) electrons. The Bertz CT molecular complexity index is 978. The van der Waals surface area contributed by atoms with E-state index in [1.54, 1.807) is 42.3 Å². The van der Waals surface area contributed by atoms with Crippen LogP contribution >= 0.6 is 0 Å². The van der Waals surface area contributed by atoms with Gasteiger partial charge in [0, 0.05) is 22.7 Å². The molecular weight excluding hydrogens is 350 g/mol. The highest BCUT2D eigenvalue weighted by atomic mass is 16.7. The highest BCUT2D eigenvalue weighted by Crippen LogP contribution is 2.52. The number of hydrogen-bond acceptors (Lipinski definition) is 6. The fourth-order valence-electron chi connectivity index (χ4n) is 4.72. The predicted molar refractivity (Wildman–Crippen MR) is 95.5 cm³/mol. The zero-order valence-corrected chi connectivity index (χ0v) is 14.5. The Morgan fingerprint density at radius 1 is 1.22 bits per heavy atom. The molecule has 3 atom stereocenters. The van der Waals surface area contributed by atoms with Gasteiger partial charge in [0.05, 0.1) is 5.92 Å². The molecule has 8 nitrogen and oxygen atoms in total. The molecular formula is C19H17N3O5. The lowest BCUT2D eigenvalue weighted by Crippen LogP contribution is -2.54. The van der Waals surface area contributed by atoms with Crippen LogP contribution in [0.15, 0.2) is 42.5 Å². The summed E-state index contributed by atoms with van der Waals surface area (Å²) in [7, 11) is 1.77. The van der Waals surface area contributed by atoms with E-state index in [0.717, 1.165) is 5.56 Å². The first-order valence-corrected chi connectivity index (χ1v) is 8.68. The summed E-state index contributed by atoms with van der Waals surface area (Å²) in [4.78, 5) is 26.8. The first kappa shape index (κ1) is 16.1. The van der Waals surface area contributed by atoms with E-state index in [1.165, 1.54) is 0 Å². The van der Waals surface area contributed by atoms with Crippen LogP contribution in [0.2, 0.25) is 0 Å². The Hall–Kier alpha value is -3.13. The molecule has 1 fully saturated rings. The number of carbonyl (C=O) groups is 1. The van der Waals surface area contributed by atoms with Crippen molar-refractivity contribution in [3.8, 4) is 11.5 Å². The number of carbonyl (C=O) groups excluding carboxylic acids is 1.